The third-order valence-corrected chi connectivity index (χ3v) is 6.39. The smallest absolute Gasteiger partial charge is 0.289 e. The van der Waals surface area contributed by atoms with Crippen LogP contribution in [0.2, 0.25) is 0 Å². The van der Waals surface area contributed by atoms with Gasteiger partial charge in [-0.25, -0.2) is 4.39 Å². The van der Waals surface area contributed by atoms with Crippen molar-refractivity contribution in [3.63, 3.8) is 0 Å². The molecule has 0 unspecified atom stereocenters. The maximum Gasteiger partial charge on any atom is 0.289 e. The van der Waals surface area contributed by atoms with Gasteiger partial charge in [-0.05, 0) is 47.0 Å². The molecule has 1 aliphatic rings. The molecule has 0 fully saturated rings. The number of ether oxygens (including phenoxy) is 1. The lowest BCUT2D eigenvalue weighted by Gasteiger charge is -2.30. The van der Waals surface area contributed by atoms with Gasteiger partial charge < -0.3 is 18.6 Å². The van der Waals surface area contributed by atoms with Gasteiger partial charge in [-0.3, -0.25) is 14.6 Å². The number of pyridine rings is 2. The van der Waals surface area contributed by atoms with Gasteiger partial charge in [-0.2, -0.15) is 0 Å². The van der Waals surface area contributed by atoms with E-state index in [0.29, 0.717) is 42.9 Å². The molecule has 0 atom stereocenters. The molecule has 1 aliphatic heterocycles. The highest BCUT2D eigenvalue weighted by Crippen LogP contribution is 2.23. The quantitative estimate of drug-likeness (QED) is 0.394. The molecule has 3 aromatic heterocycles. The Hall–Kier alpha value is -4.04. The van der Waals surface area contributed by atoms with Crippen LogP contribution >= 0.6 is 0 Å². The Balaban J connectivity index is 1.51. The van der Waals surface area contributed by atoms with Gasteiger partial charge in [0.2, 0.25) is 0 Å². The number of carbonyl (C=O) groups excluding carboxylic acids is 1. The van der Waals surface area contributed by atoms with E-state index in [1.807, 2.05) is 18.2 Å². The lowest BCUT2D eigenvalue weighted by atomic mass is 9.98. The molecule has 184 valence electrons. The molecule has 36 heavy (non-hydrogen) atoms. The molecule has 1 amide bonds. The van der Waals surface area contributed by atoms with Crippen molar-refractivity contribution in [2.45, 2.75) is 32.5 Å². The van der Waals surface area contributed by atoms with Crippen molar-refractivity contribution < 1.29 is 18.3 Å². The second kappa shape index (κ2) is 10.3. The summed E-state index contributed by atoms with van der Waals surface area (Å²) in [5.41, 5.74) is 3.42. The molecule has 0 aliphatic carbocycles. The van der Waals surface area contributed by atoms with Gasteiger partial charge in [0, 0.05) is 56.7 Å². The number of nitrogens with zero attached hydrogens (tertiary/aromatic N) is 3. The molecule has 0 N–H and O–H groups in total. The Labute approximate surface area is 207 Å². The van der Waals surface area contributed by atoms with E-state index in [1.54, 1.807) is 59.3 Å². The molecule has 0 radical (unpaired) electrons. The largest absolute Gasteiger partial charge is 0.453 e. The number of methoxy groups -OCH3 is 1. The second-order valence-corrected chi connectivity index (χ2v) is 8.84. The highest BCUT2D eigenvalue weighted by molar-refractivity contribution is 5.91. The summed E-state index contributed by atoms with van der Waals surface area (Å²) in [5, 5.41) is 0. The van der Waals surface area contributed by atoms with Crippen molar-refractivity contribution in [3.05, 3.63) is 123 Å². The summed E-state index contributed by atoms with van der Waals surface area (Å²) < 4.78 is 26.9. The van der Waals surface area contributed by atoms with E-state index in [9.17, 15) is 14.0 Å². The van der Waals surface area contributed by atoms with Gasteiger partial charge in [-0.1, -0.05) is 24.3 Å². The fourth-order valence-electron chi connectivity index (χ4n) is 4.64. The number of halogens is 1. The Bertz CT molecular complexity index is 1440. The first-order valence-electron chi connectivity index (χ1n) is 11.8. The monoisotopic (exact) mass is 487 g/mol. The van der Waals surface area contributed by atoms with E-state index in [2.05, 4.69) is 4.98 Å². The number of hydrogen-bond donors (Lipinski definition) is 0. The van der Waals surface area contributed by atoms with Crippen LogP contribution in [0.1, 0.15) is 44.3 Å². The maximum atomic E-state index is 14.4. The zero-order valence-electron chi connectivity index (χ0n) is 19.9. The van der Waals surface area contributed by atoms with Crippen molar-refractivity contribution >= 4 is 5.91 Å². The highest BCUT2D eigenvalue weighted by Gasteiger charge is 2.27. The Morgan fingerprint density at radius 3 is 2.78 bits per heavy atom. The van der Waals surface area contributed by atoms with E-state index in [1.165, 1.54) is 6.07 Å². The van der Waals surface area contributed by atoms with Crippen molar-refractivity contribution in [3.8, 4) is 0 Å². The van der Waals surface area contributed by atoms with E-state index >= 15 is 0 Å². The van der Waals surface area contributed by atoms with Crippen LogP contribution in [-0.2, 0) is 37.3 Å². The summed E-state index contributed by atoms with van der Waals surface area (Å²) in [5.74, 6) is 0.259. The first kappa shape index (κ1) is 23.7. The molecule has 0 saturated heterocycles. The minimum atomic E-state index is -0.352. The number of carbonyl (C=O) groups is 1. The molecule has 4 aromatic rings. The molecular weight excluding hydrogens is 461 g/mol. The molecular formula is C28H26FN3O4. The molecule has 7 nitrogen and oxygen atoms in total. The fraction of sp³-hybridized carbons (Fsp3) is 0.250. The van der Waals surface area contributed by atoms with Crippen LogP contribution in [0, 0.1) is 5.82 Å². The number of fused-ring (bicyclic) bond motifs is 1. The topological polar surface area (TPSA) is 77.6 Å². The zero-order valence-corrected chi connectivity index (χ0v) is 19.9. The first-order valence-corrected chi connectivity index (χ1v) is 11.8. The minimum absolute atomic E-state index is 0.157. The third-order valence-electron chi connectivity index (χ3n) is 6.39. The number of aromatic nitrogens is 2. The number of benzene rings is 1. The second-order valence-electron chi connectivity index (χ2n) is 8.84. The minimum Gasteiger partial charge on any atom is -0.453 e. The Morgan fingerprint density at radius 2 is 2.00 bits per heavy atom. The highest BCUT2D eigenvalue weighted by atomic mass is 19.1. The van der Waals surface area contributed by atoms with Crippen LogP contribution in [0.25, 0.3) is 0 Å². The van der Waals surface area contributed by atoms with Crippen molar-refractivity contribution in [1.82, 2.24) is 14.5 Å². The van der Waals surface area contributed by atoms with Crippen LogP contribution < -0.4 is 5.56 Å². The van der Waals surface area contributed by atoms with Crippen LogP contribution in [0.4, 0.5) is 4.39 Å². The van der Waals surface area contributed by atoms with Gasteiger partial charge >= 0.3 is 0 Å². The molecule has 0 spiro atoms. The van der Waals surface area contributed by atoms with E-state index in [4.69, 9.17) is 9.15 Å². The van der Waals surface area contributed by atoms with Crippen molar-refractivity contribution in [2.75, 3.05) is 13.7 Å². The zero-order chi connectivity index (χ0) is 25.1. The lowest BCUT2D eigenvalue weighted by Crippen LogP contribution is -2.40. The van der Waals surface area contributed by atoms with E-state index in [0.717, 1.165) is 16.8 Å². The predicted molar refractivity (Wildman–Crippen MR) is 131 cm³/mol. The number of furan rings is 1. The summed E-state index contributed by atoms with van der Waals surface area (Å²) in [6, 6.07) is 15.4. The maximum absolute atomic E-state index is 14.4. The predicted octanol–water partition coefficient (Wildman–Crippen LogP) is 3.96. The molecule has 0 bridgehead atoms. The first-order chi connectivity index (χ1) is 17.5. The van der Waals surface area contributed by atoms with Gasteiger partial charge in [0.05, 0.1) is 6.54 Å². The van der Waals surface area contributed by atoms with Gasteiger partial charge in [0.25, 0.3) is 11.5 Å². The Kier molecular flexibility index (Phi) is 6.77. The summed E-state index contributed by atoms with van der Waals surface area (Å²) in [7, 11) is 1.56. The van der Waals surface area contributed by atoms with Crippen LogP contribution in [0.5, 0.6) is 0 Å². The number of rotatable bonds is 7. The summed E-state index contributed by atoms with van der Waals surface area (Å²) >= 11 is 0. The molecule has 0 saturated carbocycles. The fourth-order valence-corrected chi connectivity index (χ4v) is 4.64. The molecule has 4 heterocycles. The standard InChI is InChI=1S/C28H26FN3O4/c1-35-18-23-8-9-26(36-23)28(34)31-12-10-25-22(17-31)14-21(13-20-6-2-3-7-24(20)29)27(33)32(25)16-19-5-4-11-30-15-19/h2-9,11,14-15H,10,12-13,16-18H2,1H3. The molecule has 8 heteroatoms. The average Bonchev–Trinajstić information content (AvgIpc) is 3.36. The van der Waals surface area contributed by atoms with Crippen LogP contribution in [-0.4, -0.2) is 34.0 Å². The third kappa shape index (κ3) is 4.85. The van der Waals surface area contributed by atoms with Crippen LogP contribution in [0.3, 0.4) is 0 Å². The van der Waals surface area contributed by atoms with Gasteiger partial charge in [0.15, 0.2) is 5.76 Å². The van der Waals surface area contributed by atoms with Crippen molar-refractivity contribution in [2.24, 2.45) is 0 Å². The van der Waals surface area contributed by atoms with Crippen molar-refractivity contribution in [1.29, 1.82) is 0 Å². The van der Waals surface area contributed by atoms with E-state index < -0.39 is 0 Å². The van der Waals surface area contributed by atoms with Gasteiger partial charge in [-0.15, -0.1) is 0 Å². The number of amides is 1. The normalized spacial score (nSPS) is 13.0. The average molecular weight is 488 g/mol. The van der Waals surface area contributed by atoms with Crippen LogP contribution in [0.15, 0.2) is 76.2 Å². The van der Waals surface area contributed by atoms with E-state index in [-0.39, 0.29) is 36.1 Å². The Morgan fingerprint density at radius 1 is 1.14 bits per heavy atom. The lowest BCUT2D eigenvalue weighted by molar-refractivity contribution is 0.0692. The molecule has 1 aromatic carbocycles. The SMILES string of the molecule is COCc1ccc(C(=O)N2CCc3c(cc(Cc4ccccc4F)c(=O)n3Cc3cccnc3)C2)o1. The summed E-state index contributed by atoms with van der Waals surface area (Å²) in [6.45, 7) is 1.42. The summed E-state index contributed by atoms with van der Waals surface area (Å²) in [6.07, 6.45) is 4.10. The molecule has 5 rings (SSSR count). The number of hydrogen-bond acceptors (Lipinski definition) is 5. The summed E-state index contributed by atoms with van der Waals surface area (Å²) in [4.78, 5) is 32.6. The van der Waals surface area contributed by atoms with Gasteiger partial charge in [0.1, 0.15) is 18.2 Å².